The molecule has 25 heavy (non-hydrogen) atoms. The van der Waals surface area contributed by atoms with E-state index in [1.165, 1.54) is 3.57 Å². The second-order valence-corrected chi connectivity index (χ2v) is 20.3. The minimum Gasteiger partial charge on any atom is -0.127 e. The summed E-state index contributed by atoms with van der Waals surface area (Å²) in [6.45, 7) is 21.0. The van der Waals surface area contributed by atoms with Crippen LogP contribution in [0, 0.1) is 26.5 Å². The lowest BCUT2D eigenvalue weighted by molar-refractivity contribution is 0.838. The van der Waals surface area contributed by atoms with Gasteiger partial charge in [-0.1, -0.05) is 73.0 Å². The fourth-order valence-corrected chi connectivity index (χ4v) is 9.95. The van der Waals surface area contributed by atoms with Crippen molar-refractivity contribution >= 4 is 38.7 Å². The van der Waals surface area contributed by atoms with Gasteiger partial charge in [-0.25, -0.2) is 0 Å². The van der Waals surface area contributed by atoms with Gasteiger partial charge < -0.3 is 0 Å². The van der Waals surface area contributed by atoms with Gasteiger partial charge in [-0.2, -0.15) is 0 Å². The minimum absolute atomic E-state index is 0.668. The van der Waals surface area contributed by atoms with Crippen molar-refractivity contribution in [2.45, 2.75) is 77.8 Å². The molecule has 0 saturated carbocycles. The van der Waals surface area contributed by atoms with E-state index in [0.717, 1.165) is 11.1 Å². The molecule has 0 saturated heterocycles. The predicted octanol–water partition coefficient (Wildman–Crippen LogP) is 7.09. The quantitative estimate of drug-likeness (QED) is 0.246. The second kappa shape index (κ2) is 8.93. The van der Waals surface area contributed by atoms with E-state index in [1.54, 1.807) is 0 Å². The molecular formula is C22H33ISi2. The fraction of sp³-hybridized carbons (Fsp3) is 0.545. The van der Waals surface area contributed by atoms with Crippen molar-refractivity contribution in [3.8, 4) is 22.9 Å². The van der Waals surface area contributed by atoms with Crippen molar-refractivity contribution < 1.29 is 0 Å². The summed E-state index contributed by atoms with van der Waals surface area (Å²) >= 11 is 2.39. The molecule has 0 heterocycles. The monoisotopic (exact) mass is 480 g/mol. The lowest BCUT2D eigenvalue weighted by Gasteiger charge is -2.38. The first-order valence-corrected chi connectivity index (χ1v) is 16.1. The number of hydrogen-bond donors (Lipinski definition) is 0. The van der Waals surface area contributed by atoms with Crippen molar-refractivity contribution in [2.75, 3.05) is 0 Å². The summed E-state index contributed by atoms with van der Waals surface area (Å²) in [6, 6.07) is 6.48. The highest BCUT2D eigenvalue weighted by Gasteiger charge is 2.41. The van der Waals surface area contributed by atoms with Crippen molar-refractivity contribution in [2.24, 2.45) is 0 Å². The molecule has 0 aliphatic carbocycles. The summed E-state index contributed by atoms with van der Waals surface area (Å²) in [7, 11) is -3.01. The average molecular weight is 481 g/mol. The van der Waals surface area contributed by atoms with Gasteiger partial charge in [-0.15, -0.1) is 11.1 Å². The number of halogens is 1. The Kier molecular flexibility index (Phi) is 8.06. The molecule has 0 radical (unpaired) electrons. The topological polar surface area (TPSA) is 0 Å². The maximum Gasteiger partial charge on any atom is 0.146 e. The SMILES string of the molecule is CC(C)[Si](C#Cc1ccc(C#C[Si](C)(C)C)c(I)c1)(C(C)C)C(C)C. The molecule has 0 aromatic heterocycles. The van der Waals surface area contributed by atoms with E-state index in [0.29, 0.717) is 16.6 Å². The number of rotatable bonds is 3. The van der Waals surface area contributed by atoms with Gasteiger partial charge in [0.05, 0.1) is 0 Å². The number of hydrogen-bond acceptors (Lipinski definition) is 0. The van der Waals surface area contributed by atoms with Crippen LogP contribution in [-0.4, -0.2) is 16.1 Å². The molecule has 0 bridgehead atoms. The van der Waals surface area contributed by atoms with E-state index >= 15 is 0 Å². The van der Waals surface area contributed by atoms with Crippen LogP contribution < -0.4 is 0 Å². The van der Waals surface area contributed by atoms with Crippen LogP contribution in [0.2, 0.25) is 36.3 Å². The summed E-state index contributed by atoms with van der Waals surface area (Å²) in [5.41, 5.74) is 11.5. The Morgan fingerprint density at radius 1 is 0.800 bits per heavy atom. The highest BCUT2D eigenvalue weighted by molar-refractivity contribution is 14.1. The second-order valence-electron chi connectivity index (χ2n) is 8.84. The zero-order valence-corrected chi connectivity index (χ0v) is 21.5. The summed E-state index contributed by atoms with van der Waals surface area (Å²) in [5, 5.41) is 0. The van der Waals surface area contributed by atoms with Crippen molar-refractivity contribution in [1.82, 2.24) is 0 Å². The Hall–Kier alpha value is -0.496. The van der Waals surface area contributed by atoms with Gasteiger partial charge in [-0.3, -0.25) is 0 Å². The maximum absolute atomic E-state index is 3.81. The molecule has 0 spiro atoms. The van der Waals surface area contributed by atoms with Crippen LogP contribution in [0.1, 0.15) is 52.7 Å². The third-order valence-corrected chi connectivity index (χ3v) is 12.9. The van der Waals surface area contributed by atoms with E-state index in [9.17, 15) is 0 Å². The molecule has 0 aliphatic rings. The molecule has 1 aromatic rings. The van der Waals surface area contributed by atoms with Gasteiger partial charge in [0.2, 0.25) is 0 Å². The third kappa shape index (κ3) is 6.02. The Morgan fingerprint density at radius 3 is 1.72 bits per heavy atom. The van der Waals surface area contributed by atoms with Gasteiger partial charge in [0.1, 0.15) is 16.1 Å². The lowest BCUT2D eigenvalue weighted by atomic mass is 10.1. The van der Waals surface area contributed by atoms with E-state index in [4.69, 9.17) is 0 Å². The third-order valence-electron chi connectivity index (χ3n) is 4.83. The molecule has 136 valence electrons. The first-order chi connectivity index (χ1) is 11.4. The molecule has 1 rings (SSSR count). The smallest absolute Gasteiger partial charge is 0.127 e. The molecule has 0 unspecified atom stereocenters. The minimum atomic E-state index is -1.67. The van der Waals surface area contributed by atoms with Gasteiger partial charge in [0.15, 0.2) is 0 Å². The van der Waals surface area contributed by atoms with Crippen molar-refractivity contribution in [1.29, 1.82) is 0 Å². The zero-order chi connectivity index (χ0) is 19.4. The normalized spacial score (nSPS) is 12.0. The maximum atomic E-state index is 3.81. The molecule has 0 aliphatic heterocycles. The molecule has 0 fully saturated rings. The van der Waals surface area contributed by atoms with E-state index in [-0.39, 0.29) is 0 Å². The van der Waals surface area contributed by atoms with Gasteiger partial charge >= 0.3 is 0 Å². The Morgan fingerprint density at radius 2 is 1.32 bits per heavy atom. The fourth-order valence-electron chi connectivity index (χ4n) is 3.56. The Labute approximate surface area is 171 Å². The van der Waals surface area contributed by atoms with E-state index in [1.807, 2.05) is 0 Å². The van der Waals surface area contributed by atoms with Crippen LogP contribution in [0.4, 0.5) is 0 Å². The molecule has 0 amide bonds. The number of benzene rings is 1. The molecule has 0 atom stereocenters. The first-order valence-electron chi connectivity index (χ1n) is 9.26. The van der Waals surface area contributed by atoms with Gasteiger partial charge in [0, 0.05) is 14.7 Å². The van der Waals surface area contributed by atoms with Gasteiger partial charge in [-0.05, 0) is 57.4 Å². The Bertz CT molecular complexity index is 695. The van der Waals surface area contributed by atoms with Crippen LogP contribution >= 0.6 is 22.6 Å². The predicted molar refractivity (Wildman–Crippen MR) is 127 cm³/mol. The summed E-state index contributed by atoms with van der Waals surface area (Å²) in [5.74, 6) is 6.91. The molecule has 3 heteroatoms. The highest BCUT2D eigenvalue weighted by Crippen LogP contribution is 2.40. The van der Waals surface area contributed by atoms with Crippen molar-refractivity contribution in [3.63, 3.8) is 0 Å². The average Bonchev–Trinajstić information content (AvgIpc) is 2.44. The molecule has 1 aromatic carbocycles. The highest BCUT2D eigenvalue weighted by atomic mass is 127. The summed E-state index contributed by atoms with van der Waals surface area (Å²) in [6.07, 6.45) is 0. The van der Waals surface area contributed by atoms with Crippen LogP contribution in [0.5, 0.6) is 0 Å². The molecule has 0 nitrogen and oxygen atoms in total. The van der Waals surface area contributed by atoms with E-state index in [2.05, 4.69) is 125 Å². The van der Waals surface area contributed by atoms with Gasteiger partial charge in [0.25, 0.3) is 0 Å². The van der Waals surface area contributed by atoms with Crippen LogP contribution in [0.15, 0.2) is 18.2 Å². The summed E-state index contributed by atoms with van der Waals surface area (Å²) < 4.78 is 1.21. The van der Waals surface area contributed by atoms with E-state index < -0.39 is 16.1 Å². The van der Waals surface area contributed by atoms with Crippen LogP contribution in [-0.2, 0) is 0 Å². The largest absolute Gasteiger partial charge is 0.146 e. The van der Waals surface area contributed by atoms with Crippen molar-refractivity contribution in [3.05, 3.63) is 32.9 Å². The first kappa shape index (κ1) is 22.5. The lowest BCUT2D eigenvalue weighted by Crippen LogP contribution is -2.43. The summed E-state index contributed by atoms with van der Waals surface area (Å²) in [4.78, 5) is 0. The Balaban J connectivity index is 3.26. The van der Waals surface area contributed by atoms with Crippen LogP contribution in [0.3, 0.4) is 0 Å². The molecule has 0 N–H and O–H groups in total. The standard InChI is InChI=1S/C22H33ISi2/c1-17(2)25(18(3)4,19(5)6)15-12-20-10-11-21(22(23)16-20)13-14-24(7,8)9/h10-11,16-19H,1-9H3. The molecular weight excluding hydrogens is 447 g/mol. The van der Waals surface area contributed by atoms with Crippen LogP contribution in [0.25, 0.3) is 0 Å². The zero-order valence-electron chi connectivity index (χ0n) is 17.3.